The monoisotopic (exact) mass is 475 g/mol. The first-order valence-electron chi connectivity index (χ1n) is 11.8. The van der Waals surface area contributed by atoms with Crippen LogP contribution < -0.4 is 4.72 Å². The number of rotatable bonds is 11. The summed E-state index contributed by atoms with van der Waals surface area (Å²) in [6, 6.07) is 26.6. The normalized spacial score (nSPS) is 13.6. The van der Waals surface area contributed by atoms with Gasteiger partial charge in [-0.05, 0) is 55.5 Å². The number of esters is 1. The van der Waals surface area contributed by atoms with Gasteiger partial charge in [-0.3, -0.25) is 0 Å². The van der Waals surface area contributed by atoms with E-state index in [1.807, 2.05) is 91.9 Å². The molecular weight excluding hydrogens is 442 g/mol. The Balaban J connectivity index is 2.18. The lowest BCUT2D eigenvalue weighted by Gasteiger charge is -2.25. The molecule has 2 atom stereocenters. The Morgan fingerprint density at radius 1 is 0.912 bits per heavy atom. The maximum Gasteiger partial charge on any atom is 0.336 e. The van der Waals surface area contributed by atoms with Crippen molar-refractivity contribution in [3.63, 3.8) is 0 Å². The van der Waals surface area contributed by atoms with Crippen molar-refractivity contribution >= 4 is 22.5 Å². The molecule has 0 bridgehead atoms. The average Bonchev–Trinajstić information content (AvgIpc) is 2.87. The Morgan fingerprint density at radius 2 is 1.53 bits per heavy atom. The van der Waals surface area contributed by atoms with Gasteiger partial charge >= 0.3 is 5.97 Å². The first-order chi connectivity index (χ1) is 16.5. The highest BCUT2D eigenvalue weighted by Crippen LogP contribution is 2.34. The van der Waals surface area contributed by atoms with E-state index in [2.05, 4.69) is 11.6 Å². The summed E-state index contributed by atoms with van der Waals surface area (Å²) >= 11 is 0. The van der Waals surface area contributed by atoms with Gasteiger partial charge in [-0.15, -0.1) is 0 Å². The number of carbonyl (C=O) groups excluding carboxylic acids is 1. The zero-order valence-corrected chi connectivity index (χ0v) is 20.9. The van der Waals surface area contributed by atoms with Crippen LogP contribution in [0.5, 0.6) is 0 Å². The van der Waals surface area contributed by atoms with Crippen LogP contribution in [0.1, 0.15) is 55.8 Å². The molecule has 0 spiro atoms. The van der Waals surface area contributed by atoms with Gasteiger partial charge in [0.05, 0.1) is 23.1 Å². The highest BCUT2D eigenvalue weighted by molar-refractivity contribution is 7.83. The SMILES string of the molecule is CCCC/C(=C(\C(=O)OCC)[C@@H](NS(=O)c1ccc(C)cc1)c1ccccc1)c1ccccc1. The van der Waals surface area contributed by atoms with Crippen molar-refractivity contribution in [2.24, 2.45) is 0 Å². The molecule has 1 unspecified atom stereocenters. The van der Waals surface area contributed by atoms with Crippen LogP contribution in [0.3, 0.4) is 0 Å². The molecule has 0 aliphatic heterocycles. The maximum absolute atomic E-state index is 13.5. The molecule has 0 fully saturated rings. The molecular formula is C29H33NO3S. The molecule has 34 heavy (non-hydrogen) atoms. The van der Waals surface area contributed by atoms with E-state index in [0.29, 0.717) is 10.5 Å². The molecule has 178 valence electrons. The lowest BCUT2D eigenvalue weighted by molar-refractivity contribution is -0.138. The summed E-state index contributed by atoms with van der Waals surface area (Å²) in [5.41, 5.74) is 4.36. The van der Waals surface area contributed by atoms with Crippen LogP contribution in [0.2, 0.25) is 0 Å². The third-order valence-electron chi connectivity index (χ3n) is 5.60. The molecule has 4 nitrogen and oxygen atoms in total. The summed E-state index contributed by atoms with van der Waals surface area (Å²) < 4.78 is 22.2. The minimum atomic E-state index is -1.53. The van der Waals surface area contributed by atoms with E-state index in [1.165, 1.54) is 0 Å². The first-order valence-corrected chi connectivity index (χ1v) is 12.9. The van der Waals surface area contributed by atoms with E-state index in [9.17, 15) is 9.00 Å². The summed E-state index contributed by atoms with van der Waals surface area (Å²) in [4.78, 5) is 14.1. The van der Waals surface area contributed by atoms with Crippen molar-refractivity contribution in [1.29, 1.82) is 0 Å². The predicted molar refractivity (Wildman–Crippen MR) is 139 cm³/mol. The van der Waals surface area contributed by atoms with Gasteiger partial charge in [0.15, 0.2) is 0 Å². The third kappa shape index (κ3) is 6.75. The minimum Gasteiger partial charge on any atom is -0.463 e. The second kappa shape index (κ2) is 13.0. The van der Waals surface area contributed by atoms with Gasteiger partial charge in [0, 0.05) is 0 Å². The van der Waals surface area contributed by atoms with Crippen molar-refractivity contribution in [2.75, 3.05) is 6.61 Å². The smallest absolute Gasteiger partial charge is 0.336 e. The fraction of sp³-hybridized carbons (Fsp3) is 0.276. The average molecular weight is 476 g/mol. The molecule has 0 saturated carbocycles. The molecule has 0 aromatic heterocycles. The second-order valence-corrected chi connectivity index (χ2v) is 9.37. The largest absolute Gasteiger partial charge is 0.463 e. The van der Waals surface area contributed by atoms with Gasteiger partial charge in [0.25, 0.3) is 0 Å². The quantitative estimate of drug-likeness (QED) is 0.252. The summed E-state index contributed by atoms with van der Waals surface area (Å²) in [6.07, 6.45) is 2.64. The van der Waals surface area contributed by atoms with E-state index in [4.69, 9.17) is 4.74 Å². The van der Waals surface area contributed by atoms with Gasteiger partial charge in [-0.1, -0.05) is 91.7 Å². The van der Waals surface area contributed by atoms with E-state index in [1.54, 1.807) is 6.92 Å². The third-order valence-corrected chi connectivity index (χ3v) is 6.75. The summed E-state index contributed by atoms with van der Waals surface area (Å²) in [5, 5.41) is 0. The van der Waals surface area contributed by atoms with Crippen molar-refractivity contribution in [2.45, 2.75) is 51.0 Å². The van der Waals surface area contributed by atoms with Gasteiger partial charge in [0.1, 0.15) is 11.0 Å². The zero-order chi connectivity index (χ0) is 24.3. The van der Waals surface area contributed by atoms with Crippen LogP contribution >= 0.6 is 0 Å². The van der Waals surface area contributed by atoms with Crippen LogP contribution in [0.25, 0.3) is 5.57 Å². The lowest BCUT2D eigenvalue weighted by Crippen LogP contribution is -2.30. The van der Waals surface area contributed by atoms with Gasteiger partial charge in [-0.2, -0.15) is 0 Å². The maximum atomic E-state index is 13.5. The Hall–Kier alpha value is -3.02. The van der Waals surface area contributed by atoms with Crippen molar-refractivity contribution in [1.82, 2.24) is 4.72 Å². The molecule has 0 amide bonds. The molecule has 3 aromatic carbocycles. The number of aryl methyl sites for hydroxylation is 1. The van der Waals surface area contributed by atoms with Crippen molar-refractivity contribution in [3.8, 4) is 0 Å². The van der Waals surface area contributed by atoms with E-state index in [-0.39, 0.29) is 12.6 Å². The van der Waals surface area contributed by atoms with Crippen LogP contribution in [-0.2, 0) is 20.5 Å². The molecule has 1 N–H and O–H groups in total. The van der Waals surface area contributed by atoms with Crippen LogP contribution in [0.15, 0.2) is 95.4 Å². The molecule has 5 heteroatoms. The number of allylic oxidation sites excluding steroid dienone is 1. The number of hydrogen-bond donors (Lipinski definition) is 1. The zero-order valence-electron chi connectivity index (χ0n) is 20.1. The lowest BCUT2D eigenvalue weighted by atomic mass is 9.88. The minimum absolute atomic E-state index is 0.265. The second-order valence-electron chi connectivity index (χ2n) is 8.13. The predicted octanol–water partition coefficient (Wildman–Crippen LogP) is 6.56. The Labute approximate surface area is 205 Å². The van der Waals surface area contributed by atoms with Crippen LogP contribution in [-0.4, -0.2) is 16.8 Å². The summed E-state index contributed by atoms with van der Waals surface area (Å²) in [7, 11) is -1.53. The van der Waals surface area contributed by atoms with E-state index >= 15 is 0 Å². The molecule has 0 aliphatic rings. The number of hydrogen-bond acceptors (Lipinski definition) is 3. The molecule has 3 aromatic rings. The topological polar surface area (TPSA) is 55.4 Å². The first kappa shape index (κ1) is 25.6. The van der Waals surface area contributed by atoms with Crippen molar-refractivity contribution < 1.29 is 13.7 Å². The van der Waals surface area contributed by atoms with E-state index < -0.39 is 17.0 Å². The molecule has 0 saturated heterocycles. The summed E-state index contributed by atoms with van der Waals surface area (Å²) in [5.74, 6) is -0.389. The van der Waals surface area contributed by atoms with Gasteiger partial charge < -0.3 is 4.74 Å². The number of ether oxygens (including phenoxy) is 1. The fourth-order valence-corrected chi connectivity index (χ4v) is 4.81. The van der Waals surface area contributed by atoms with Gasteiger partial charge in [-0.25, -0.2) is 13.7 Å². The Morgan fingerprint density at radius 3 is 2.12 bits per heavy atom. The van der Waals surface area contributed by atoms with Crippen LogP contribution in [0.4, 0.5) is 0 Å². The standard InChI is InChI=1S/C29H33NO3S/c1-4-6-17-26(23-13-9-7-10-14-23)27(29(31)33-5-2)28(24-15-11-8-12-16-24)30-34(32)25-20-18-22(3)19-21-25/h7-16,18-21,28,30H,4-6,17H2,1-3H3/b27-26+/t28-,34?/m0/s1. The highest BCUT2D eigenvalue weighted by atomic mass is 32.2. The molecule has 0 heterocycles. The van der Waals surface area contributed by atoms with Crippen molar-refractivity contribution in [3.05, 3.63) is 107 Å². The fourth-order valence-electron chi connectivity index (χ4n) is 3.83. The Kier molecular flexibility index (Phi) is 9.80. The highest BCUT2D eigenvalue weighted by Gasteiger charge is 2.29. The number of nitrogens with one attached hydrogen (secondary N) is 1. The van der Waals surface area contributed by atoms with E-state index in [0.717, 1.165) is 41.5 Å². The van der Waals surface area contributed by atoms with Crippen LogP contribution in [0, 0.1) is 6.92 Å². The number of unbranched alkanes of at least 4 members (excludes halogenated alkanes) is 1. The summed E-state index contributed by atoms with van der Waals surface area (Å²) in [6.45, 7) is 6.19. The molecule has 0 aliphatic carbocycles. The number of benzene rings is 3. The molecule has 3 rings (SSSR count). The Bertz CT molecular complexity index is 1110. The molecule has 0 radical (unpaired) electrons. The van der Waals surface area contributed by atoms with Gasteiger partial charge in [0.2, 0.25) is 0 Å². The number of carbonyl (C=O) groups is 1.